The Balaban J connectivity index is 2.56. The molecule has 0 aliphatic rings. The Labute approximate surface area is 93.0 Å². The Hall–Kier alpha value is -0.150. The lowest BCUT2D eigenvalue weighted by molar-refractivity contribution is 0.307. The second-order valence-electron chi connectivity index (χ2n) is 2.82. The minimum absolute atomic E-state index is 0.779. The molecule has 0 saturated carbocycles. The zero-order valence-corrected chi connectivity index (χ0v) is 10.1. The molecule has 0 aromatic heterocycles. The molecule has 72 valence electrons. The molecule has 0 atom stereocenters. The molecule has 0 aliphatic heterocycles. The Morgan fingerprint density at radius 3 is 2.85 bits per heavy atom. The van der Waals surface area contributed by atoms with Crippen molar-refractivity contribution in [2.45, 2.75) is 24.7 Å². The highest BCUT2D eigenvalue weighted by Gasteiger charge is 1.99. The minimum Gasteiger partial charge on any atom is -0.492 e. The third kappa shape index (κ3) is 3.61. The van der Waals surface area contributed by atoms with Crippen molar-refractivity contribution < 1.29 is 4.74 Å². The van der Waals surface area contributed by atoms with E-state index in [4.69, 9.17) is 4.74 Å². The summed E-state index contributed by atoms with van der Waals surface area (Å²) in [7, 11) is 0. The Bertz CT molecular complexity index is 276. The standard InChI is InChI=1S/C10H13BrOS/c1-2-3-6-12-10-5-4-8(13)7-9(10)11/h4-5,7,13H,2-3,6H2,1H3. The van der Waals surface area contributed by atoms with Crippen LogP contribution in [0, 0.1) is 0 Å². The SMILES string of the molecule is CCCCOc1ccc(S)cc1Br. The fourth-order valence-electron chi connectivity index (χ4n) is 0.933. The number of benzene rings is 1. The van der Waals surface area contributed by atoms with Gasteiger partial charge in [-0.25, -0.2) is 0 Å². The molecule has 0 N–H and O–H groups in total. The normalized spacial score (nSPS) is 10.1. The van der Waals surface area contributed by atoms with Crippen LogP contribution in [0.15, 0.2) is 27.6 Å². The van der Waals surface area contributed by atoms with Gasteiger partial charge in [0.05, 0.1) is 11.1 Å². The third-order valence-electron chi connectivity index (χ3n) is 1.67. The van der Waals surface area contributed by atoms with Crippen molar-refractivity contribution in [1.29, 1.82) is 0 Å². The van der Waals surface area contributed by atoms with Crippen LogP contribution in [0.25, 0.3) is 0 Å². The van der Waals surface area contributed by atoms with Crippen molar-refractivity contribution in [1.82, 2.24) is 0 Å². The van der Waals surface area contributed by atoms with Gasteiger partial charge in [0.1, 0.15) is 5.75 Å². The van der Waals surface area contributed by atoms with Gasteiger partial charge in [-0.15, -0.1) is 12.6 Å². The third-order valence-corrected chi connectivity index (χ3v) is 2.57. The maximum atomic E-state index is 5.55. The van der Waals surface area contributed by atoms with Crippen LogP contribution in [0.3, 0.4) is 0 Å². The van der Waals surface area contributed by atoms with E-state index in [0.717, 1.165) is 34.6 Å². The molecule has 1 aromatic rings. The van der Waals surface area contributed by atoms with Gasteiger partial charge in [0.25, 0.3) is 0 Å². The highest BCUT2D eigenvalue weighted by atomic mass is 79.9. The van der Waals surface area contributed by atoms with Gasteiger partial charge in [0.15, 0.2) is 0 Å². The first-order chi connectivity index (χ1) is 6.24. The molecule has 0 amide bonds. The van der Waals surface area contributed by atoms with E-state index in [1.54, 1.807) is 0 Å². The number of hydrogen-bond acceptors (Lipinski definition) is 2. The van der Waals surface area contributed by atoms with E-state index in [0.29, 0.717) is 0 Å². The van der Waals surface area contributed by atoms with Gasteiger partial charge in [-0.3, -0.25) is 0 Å². The number of rotatable bonds is 4. The highest BCUT2D eigenvalue weighted by molar-refractivity contribution is 9.10. The molecule has 0 heterocycles. The van der Waals surface area contributed by atoms with E-state index >= 15 is 0 Å². The first kappa shape index (κ1) is 10.9. The van der Waals surface area contributed by atoms with Gasteiger partial charge < -0.3 is 4.74 Å². The van der Waals surface area contributed by atoms with Gasteiger partial charge in [-0.2, -0.15) is 0 Å². The minimum atomic E-state index is 0.779. The number of thiol groups is 1. The molecule has 0 fully saturated rings. The van der Waals surface area contributed by atoms with Crippen LogP contribution in [-0.4, -0.2) is 6.61 Å². The molecular weight excluding hydrogens is 248 g/mol. The zero-order valence-electron chi connectivity index (χ0n) is 7.59. The maximum Gasteiger partial charge on any atom is 0.133 e. The lowest BCUT2D eigenvalue weighted by Gasteiger charge is -2.07. The molecule has 0 bridgehead atoms. The van der Waals surface area contributed by atoms with E-state index in [9.17, 15) is 0 Å². The average molecular weight is 261 g/mol. The van der Waals surface area contributed by atoms with E-state index < -0.39 is 0 Å². The zero-order chi connectivity index (χ0) is 9.68. The Morgan fingerprint density at radius 2 is 2.23 bits per heavy atom. The number of halogens is 1. The quantitative estimate of drug-likeness (QED) is 0.638. The van der Waals surface area contributed by atoms with Crippen molar-refractivity contribution in [2.75, 3.05) is 6.61 Å². The largest absolute Gasteiger partial charge is 0.492 e. The van der Waals surface area contributed by atoms with Crippen molar-refractivity contribution in [2.24, 2.45) is 0 Å². The summed E-state index contributed by atoms with van der Waals surface area (Å²) >= 11 is 7.65. The summed E-state index contributed by atoms with van der Waals surface area (Å²) in [6.45, 7) is 2.93. The summed E-state index contributed by atoms with van der Waals surface area (Å²) in [6.07, 6.45) is 2.25. The fourth-order valence-corrected chi connectivity index (χ4v) is 1.81. The molecule has 0 spiro atoms. The Kier molecular flexibility index (Phi) is 4.67. The van der Waals surface area contributed by atoms with Crippen LogP contribution >= 0.6 is 28.6 Å². The molecule has 0 aliphatic carbocycles. The van der Waals surface area contributed by atoms with Gasteiger partial charge in [-0.1, -0.05) is 13.3 Å². The molecule has 0 saturated heterocycles. The smallest absolute Gasteiger partial charge is 0.133 e. The lowest BCUT2D eigenvalue weighted by atomic mass is 10.3. The van der Waals surface area contributed by atoms with Crippen LogP contribution in [0.1, 0.15) is 19.8 Å². The second kappa shape index (κ2) is 5.55. The topological polar surface area (TPSA) is 9.23 Å². The molecule has 1 aromatic carbocycles. The molecule has 3 heteroatoms. The van der Waals surface area contributed by atoms with Crippen molar-refractivity contribution in [3.05, 3.63) is 22.7 Å². The first-order valence-electron chi connectivity index (χ1n) is 4.35. The van der Waals surface area contributed by atoms with Crippen molar-refractivity contribution in [3.63, 3.8) is 0 Å². The number of ether oxygens (including phenoxy) is 1. The summed E-state index contributed by atoms with van der Waals surface area (Å²) in [5.41, 5.74) is 0. The summed E-state index contributed by atoms with van der Waals surface area (Å²) in [5, 5.41) is 0. The second-order valence-corrected chi connectivity index (χ2v) is 4.19. The van der Waals surface area contributed by atoms with Crippen molar-refractivity contribution in [3.8, 4) is 5.75 Å². The first-order valence-corrected chi connectivity index (χ1v) is 5.59. The van der Waals surface area contributed by atoms with E-state index in [-0.39, 0.29) is 0 Å². The predicted molar refractivity (Wildman–Crippen MR) is 61.8 cm³/mol. The van der Waals surface area contributed by atoms with Crippen LogP contribution in [0.4, 0.5) is 0 Å². The summed E-state index contributed by atoms with van der Waals surface area (Å²) in [6, 6.07) is 5.79. The lowest BCUT2D eigenvalue weighted by Crippen LogP contribution is -1.96. The van der Waals surface area contributed by atoms with Crippen LogP contribution in [0.2, 0.25) is 0 Å². The number of hydrogen-bond donors (Lipinski definition) is 1. The maximum absolute atomic E-state index is 5.55. The van der Waals surface area contributed by atoms with Crippen LogP contribution < -0.4 is 4.74 Å². The van der Waals surface area contributed by atoms with E-state index in [1.807, 2.05) is 18.2 Å². The summed E-state index contributed by atoms with van der Waals surface area (Å²) in [4.78, 5) is 0.940. The van der Waals surface area contributed by atoms with Crippen molar-refractivity contribution >= 4 is 28.6 Å². The molecule has 1 rings (SSSR count). The molecule has 0 unspecified atom stereocenters. The summed E-state index contributed by atoms with van der Waals surface area (Å²) < 4.78 is 6.52. The molecule has 0 radical (unpaired) electrons. The molecule has 13 heavy (non-hydrogen) atoms. The van der Waals surface area contributed by atoms with Crippen LogP contribution in [0.5, 0.6) is 5.75 Å². The molecule has 1 nitrogen and oxygen atoms in total. The number of unbranched alkanes of at least 4 members (excludes halogenated alkanes) is 1. The van der Waals surface area contributed by atoms with Gasteiger partial charge >= 0.3 is 0 Å². The fraction of sp³-hybridized carbons (Fsp3) is 0.400. The highest BCUT2D eigenvalue weighted by Crippen LogP contribution is 2.27. The van der Waals surface area contributed by atoms with E-state index in [1.165, 1.54) is 0 Å². The van der Waals surface area contributed by atoms with Gasteiger partial charge in [0.2, 0.25) is 0 Å². The van der Waals surface area contributed by atoms with Gasteiger partial charge in [0, 0.05) is 4.90 Å². The average Bonchev–Trinajstić information content (AvgIpc) is 2.09. The predicted octanol–water partition coefficient (Wildman–Crippen LogP) is 3.92. The summed E-state index contributed by atoms with van der Waals surface area (Å²) in [5.74, 6) is 0.895. The Morgan fingerprint density at radius 1 is 1.46 bits per heavy atom. The monoisotopic (exact) mass is 260 g/mol. The van der Waals surface area contributed by atoms with Crippen LogP contribution in [-0.2, 0) is 0 Å². The van der Waals surface area contributed by atoms with Gasteiger partial charge in [-0.05, 0) is 40.5 Å². The van der Waals surface area contributed by atoms with E-state index in [2.05, 4.69) is 35.5 Å². The molecular formula is C10H13BrOS.